The molecule has 0 saturated carbocycles. The van der Waals surface area contributed by atoms with Crippen LogP contribution in [0, 0.1) is 0 Å². The van der Waals surface area contributed by atoms with Gasteiger partial charge in [-0.2, -0.15) is 0 Å². The summed E-state index contributed by atoms with van der Waals surface area (Å²) in [7, 11) is 1.88. The summed E-state index contributed by atoms with van der Waals surface area (Å²) < 4.78 is 5.58. The quantitative estimate of drug-likeness (QED) is 0.785. The van der Waals surface area contributed by atoms with Gasteiger partial charge in [0.2, 0.25) is 5.91 Å². The number of hydrogen-bond donors (Lipinski definition) is 2. The van der Waals surface area contributed by atoms with Gasteiger partial charge in [0.1, 0.15) is 12.4 Å². The third kappa shape index (κ3) is 3.55. The lowest BCUT2D eigenvalue weighted by atomic mass is 10.1. The highest BCUT2D eigenvalue weighted by Gasteiger charge is 2.15. The van der Waals surface area contributed by atoms with Gasteiger partial charge < -0.3 is 15.8 Å². The molecule has 0 atom stereocenters. The number of ether oxygens (including phenoxy) is 1. The summed E-state index contributed by atoms with van der Waals surface area (Å²) in [5.41, 5.74) is 5.53. The first kappa shape index (κ1) is 12.5. The lowest BCUT2D eigenvalue weighted by molar-refractivity contribution is 0.0999. The van der Waals surface area contributed by atoms with E-state index in [1.807, 2.05) is 20.9 Å². The molecule has 16 heavy (non-hydrogen) atoms. The minimum absolute atomic E-state index is 0.108. The second-order valence-electron chi connectivity index (χ2n) is 4.31. The van der Waals surface area contributed by atoms with Gasteiger partial charge in [-0.25, -0.2) is 0 Å². The van der Waals surface area contributed by atoms with Crippen molar-refractivity contribution in [2.24, 2.45) is 5.73 Å². The molecule has 0 aliphatic carbocycles. The molecule has 4 heteroatoms. The summed E-state index contributed by atoms with van der Waals surface area (Å²) >= 11 is 0. The zero-order valence-electron chi connectivity index (χ0n) is 9.91. The van der Waals surface area contributed by atoms with Crippen LogP contribution in [-0.2, 0) is 0 Å². The van der Waals surface area contributed by atoms with Crippen molar-refractivity contribution in [1.82, 2.24) is 5.32 Å². The molecule has 0 fully saturated rings. The first-order valence-electron chi connectivity index (χ1n) is 5.16. The summed E-state index contributed by atoms with van der Waals surface area (Å²) in [4.78, 5) is 11.0. The van der Waals surface area contributed by atoms with Crippen LogP contribution in [0.15, 0.2) is 24.3 Å². The second-order valence-corrected chi connectivity index (χ2v) is 4.31. The average Bonchev–Trinajstić information content (AvgIpc) is 2.27. The number of amides is 1. The Kier molecular flexibility index (Phi) is 3.90. The predicted octanol–water partition coefficient (Wildman–Crippen LogP) is 1.16. The van der Waals surface area contributed by atoms with Crippen molar-refractivity contribution in [3.8, 4) is 5.75 Å². The SMILES string of the molecule is CNC(C)(C)COc1cccc(C(N)=O)c1. The van der Waals surface area contributed by atoms with Gasteiger partial charge in [-0.3, -0.25) is 4.79 Å². The molecule has 0 aliphatic rings. The van der Waals surface area contributed by atoms with E-state index in [0.29, 0.717) is 17.9 Å². The summed E-state index contributed by atoms with van der Waals surface area (Å²) in [6.45, 7) is 4.58. The smallest absolute Gasteiger partial charge is 0.248 e. The number of primary amides is 1. The predicted molar refractivity (Wildman–Crippen MR) is 63.6 cm³/mol. The summed E-state index contributed by atoms with van der Waals surface area (Å²) in [6, 6.07) is 6.87. The monoisotopic (exact) mass is 222 g/mol. The molecule has 1 amide bonds. The molecule has 0 radical (unpaired) electrons. The number of likely N-dealkylation sites (N-methyl/N-ethyl adjacent to an activating group) is 1. The number of benzene rings is 1. The first-order chi connectivity index (χ1) is 7.44. The van der Waals surface area contributed by atoms with E-state index in [2.05, 4.69) is 5.32 Å². The maximum Gasteiger partial charge on any atom is 0.248 e. The standard InChI is InChI=1S/C12H18N2O2/c1-12(2,14-3)8-16-10-6-4-5-9(7-10)11(13)15/h4-7,14H,8H2,1-3H3,(H2,13,15). The molecule has 0 heterocycles. The number of carbonyl (C=O) groups excluding carboxylic acids is 1. The minimum atomic E-state index is -0.446. The summed E-state index contributed by atoms with van der Waals surface area (Å²) in [5.74, 6) is 0.206. The van der Waals surface area contributed by atoms with Gasteiger partial charge in [0.05, 0.1) is 0 Å². The largest absolute Gasteiger partial charge is 0.492 e. The summed E-state index contributed by atoms with van der Waals surface area (Å²) in [6.07, 6.45) is 0. The van der Waals surface area contributed by atoms with Gasteiger partial charge in [-0.15, -0.1) is 0 Å². The Morgan fingerprint density at radius 2 is 2.19 bits per heavy atom. The number of carbonyl (C=O) groups is 1. The van der Waals surface area contributed by atoms with Crippen molar-refractivity contribution >= 4 is 5.91 Å². The highest BCUT2D eigenvalue weighted by atomic mass is 16.5. The summed E-state index contributed by atoms with van der Waals surface area (Å²) in [5, 5.41) is 3.13. The molecule has 1 rings (SSSR count). The Morgan fingerprint density at radius 3 is 2.75 bits per heavy atom. The Morgan fingerprint density at radius 1 is 1.50 bits per heavy atom. The molecule has 3 N–H and O–H groups in total. The van der Waals surface area contributed by atoms with E-state index < -0.39 is 5.91 Å². The van der Waals surface area contributed by atoms with E-state index in [1.54, 1.807) is 24.3 Å². The third-order valence-corrected chi connectivity index (χ3v) is 2.40. The Labute approximate surface area is 95.8 Å². The van der Waals surface area contributed by atoms with Crippen LogP contribution in [0.2, 0.25) is 0 Å². The zero-order valence-corrected chi connectivity index (χ0v) is 9.91. The molecule has 1 aromatic carbocycles. The van der Waals surface area contributed by atoms with Crippen molar-refractivity contribution in [2.75, 3.05) is 13.7 Å². The van der Waals surface area contributed by atoms with Crippen molar-refractivity contribution < 1.29 is 9.53 Å². The average molecular weight is 222 g/mol. The van der Waals surface area contributed by atoms with Crippen molar-refractivity contribution in [1.29, 1.82) is 0 Å². The van der Waals surface area contributed by atoms with E-state index in [4.69, 9.17) is 10.5 Å². The van der Waals surface area contributed by atoms with Gasteiger partial charge in [-0.05, 0) is 39.1 Å². The number of nitrogens with one attached hydrogen (secondary N) is 1. The molecule has 0 saturated heterocycles. The lowest BCUT2D eigenvalue weighted by Crippen LogP contribution is -2.42. The number of rotatable bonds is 5. The molecule has 0 spiro atoms. The molecule has 1 aromatic rings. The normalized spacial score (nSPS) is 11.2. The van der Waals surface area contributed by atoms with E-state index in [1.165, 1.54) is 0 Å². The topological polar surface area (TPSA) is 64.3 Å². The molecule has 0 aromatic heterocycles. The molecular formula is C12H18N2O2. The van der Waals surface area contributed by atoms with Crippen LogP contribution >= 0.6 is 0 Å². The van der Waals surface area contributed by atoms with Crippen molar-refractivity contribution in [3.63, 3.8) is 0 Å². The molecule has 4 nitrogen and oxygen atoms in total. The molecule has 88 valence electrons. The molecule has 0 unspecified atom stereocenters. The van der Waals surface area contributed by atoms with Crippen LogP contribution in [0.25, 0.3) is 0 Å². The number of nitrogens with two attached hydrogens (primary N) is 1. The van der Waals surface area contributed by atoms with Crippen molar-refractivity contribution in [3.05, 3.63) is 29.8 Å². The zero-order chi connectivity index (χ0) is 12.2. The van der Waals surface area contributed by atoms with E-state index in [0.717, 1.165) is 0 Å². The van der Waals surface area contributed by atoms with Gasteiger partial charge in [0.25, 0.3) is 0 Å². The van der Waals surface area contributed by atoms with Crippen LogP contribution in [0.4, 0.5) is 0 Å². The first-order valence-corrected chi connectivity index (χ1v) is 5.16. The van der Waals surface area contributed by atoms with Crippen LogP contribution in [0.5, 0.6) is 5.75 Å². The second kappa shape index (κ2) is 4.99. The van der Waals surface area contributed by atoms with Gasteiger partial charge in [0, 0.05) is 11.1 Å². The van der Waals surface area contributed by atoms with E-state index in [-0.39, 0.29) is 5.54 Å². The third-order valence-electron chi connectivity index (χ3n) is 2.40. The van der Waals surface area contributed by atoms with Gasteiger partial charge >= 0.3 is 0 Å². The molecular weight excluding hydrogens is 204 g/mol. The molecule has 0 bridgehead atoms. The Hall–Kier alpha value is -1.55. The Balaban J connectivity index is 2.68. The van der Waals surface area contributed by atoms with Gasteiger partial charge in [-0.1, -0.05) is 6.07 Å². The molecule has 0 aliphatic heterocycles. The lowest BCUT2D eigenvalue weighted by Gasteiger charge is -2.24. The van der Waals surface area contributed by atoms with Crippen molar-refractivity contribution in [2.45, 2.75) is 19.4 Å². The highest BCUT2D eigenvalue weighted by Crippen LogP contribution is 2.14. The Bertz CT molecular complexity index is 375. The van der Waals surface area contributed by atoms with Crippen LogP contribution < -0.4 is 15.8 Å². The van der Waals surface area contributed by atoms with Crippen LogP contribution in [-0.4, -0.2) is 25.1 Å². The maximum absolute atomic E-state index is 11.0. The fraction of sp³-hybridized carbons (Fsp3) is 0.417. The highest BCUT2D eigenvalue weighted by molar-refractivity contribution is 5.93. The number of hydrogen-bond acceptors (Lipinski definition) is 3. The van der Waals surface area contributed by atoms with Crippen LogP contribution in [0.3, 0.4) is 0 Å². The van der Waals surface area contributed by atoms with Gasteiger partial charge in [0.15, 0.2) is 0 Å². The maximum atomic E-state index is 11.0. The fourth-order valence-corrected chi connectivity index (χ4v) is 1.08. The van der Waals surface area contributed by atoms with Crippen LogP contribution in [0.1, 0.15) is 24.2 Å². The van der Waals surface area contributed by atoms with E-state index >= 15 is 0 Å². The fourth-order valence-electron chi connectivity index (χ4n) is 1.08. The minimum Gasteiger partial charge on any atom is -0.492 e. The van der Waals surface area contributed by atoms with E-state index in [9.17, 15) is 4.79 Å².